The quantitative estimate of drug-likeness (QED) is 0.814. The highest BCUT2D eigenvalue weighted by atomic mass is 35.5. The summed E-state index contributed by atoms with van der Waals surface area (Å²) in [6.07, 6.45) is 1.02. The molecular weight excluding hydrogens is 399 g/mol. The van der Waals surface area contributed by atoms with Crippen LogP contribution in [0.15, 0.2) is 47.4 Å². The van der Waals surface area contributed by atoms with Gasteiger partial charge in [-0.25, -0.2) is 8.42 Å². The van der Waals surface area contributed by atoms with Crippen molar-refractivity contribution in [3.63, 3.8) is 0 Å². The number of carbonyl (C=O) groups excluding carboxylic acids is 2. The molecule has 0 heterocycles. The van der Waals surface area contributed by atoms with Crippen LogP contribution in [-0.4, -0.2) is 45.0 Å². The third kappa shape index (κ3) is 4.97. The highest BCUT2D eigenvalue weighted by Gasteiger charge is 2.22. The van der Waals surface area contributed by atoms with Crippen LogP contribution in [0.3, 0.4) is 0 Å². The Hall–Kier alpha value is -2.09. The van der Waals surface area contributed by atoms with Crippen molar-refractivity contribution in [3.05, 3.63) is 58.1 Å². The third-order valence-electron chi connectivity index (χ3n) is 3.45. The summed E-state index contributed by atoms with van der Waals surface area (Å²) in [4.78, 5) is 25.7. The Morgan fingerprint density at radius 2 is 1.73 bits per heavy atom. The van der Waals surface area contributed by atoms with Gasteiger partial charge in [0, 0.05) is 19.0 Å². The van der Waals surface area contributed by atoms with Gasteiger partial charge in [0.2, 0.25) is 5.91 Å². The summed E-state index contributed by atoms with van der Waals surface area (Å²) < 4.78 is 23.7. The Bertz CT molecular complexity index is 961. The molecule has 26 heavy (non-hydrogen) atoms. The van der Waals surface area contributed by atoms with E-state index in [0.29, 0.717) is 10.7 Å². The summed E-state index contributed by atoms with van der Waals surface area (Å²) in [6, 6.07) is 10.5. The van der Waals surface area contributed by atoms with Crippen molar-refractivity contribution < 1.29 is 18.0 Å². The average Bonchev–Trinajstić information content (AvgIpc) is 2.56. The number of benzene rings is 2. The van der Waals surface area contributed by atoms with E-state index in [1.807, 2.05) is 0 Å². The second-order valence-corrected chi connectivity index (χ2v) is 8.41. The SMILES string of the molecule is CN(CC(=O)Nc1ccc(Cl)c(Cl)c1)C(=O)c1ccccc1S(C)(=O)=O. The van der Waals surface area contributed by atoms with Crippen LogP contribution in [0.1, 0.15) is 10.4 Å². The first-order valence-electron chi connectivity index (χ1n) is 7.39. The summed E-state index contributed by atoms with van der Waals surface area (Å²) in [5.41, 5.74) is 0.446. The van der Waals surface area contributed by atoms with Crippen LogP contribution >= 0.6 is 23.2 Å². The molecule has 0 aliphatic carbocycles. The predicted octanol–water partition coefficient (Wildman–Crippen LogP) is 3.11. The molecular formula is C17H16Cl2N2O4S. The second-order valence-electron chi connectivity index (χ2n) is 5.61. The first kappa shape index (κ1) is 20.2. The molecule has 138 valence electrons. The topological polar surface area (TPSA) is 83.6 Å². The van der Waals surface area contributed by atoms with Gasteiger partial charge in [-0.15, -0.1) is 0 Å². The fourth-order valence-corrected chi connectivity index (χ4v) is 3.41. The van der Waals surface area contributed by atoms with Gasteiger partial charge in [0.25, 0.3) is 5.91 Å². The van der Waals surface area contributed by atoms with E-state index in [2.05, 4.69) is 5.32 Å². The van der Waals surface area contributed by atoms with Gasteiger partial charge in [-0.3, -0.25) is 9.59 Å². The van der Waals surface area contributed by atoms with E-state index < -0.39 is 21.7 Å². The Kier molecular flexibility index (Phi) is 6.28. The van der Waals surface area contributed by atoms with Crippen molar-refractivity contribution in [2.75, 3.05) is 25.2 Å². The van der Waals surface area contributed by atoms with E-state index in [-0.39, 0.29) is 22.0 Å². The van der Waals surface area contributed by atoms with Gasteiger partial charge < -0.3 is 10.2 Å². The van der Waals surface area contributed by atoms with Gasteiger partial charge in [0.1, 0.15) is 0 Å². The van der Waals surface area contributed by atoms with Crippen LogP contribution in [0.25, 0.3) is 0 Å². The van der Waals surface area contributed by atoms with Crippen molar-refractivity contribution in [1.29, 1.82) is 0 Å². The molecule has 0 radical (unpaired) electrons. The zero-order chi connectivity index (χ0) is 19.5. The Labute approximate surface area is 161 Å². The molecule has 0 fully saturated rings. The molecule has 0 spiro atoms. The van der Waals surface area contributed by atoms with Gasteiger partial charge in [0.15, 0.2) is 9.84 Å². The molecule has 2 amide bonds. The fourth-order valence-electron chi connectivity index (χ4n) is 2.23. The normalized spacial score (nSPS) is 11.1. The summed E-state index contributed by atoms with van der Waals surface area (Å²) in [5.74, 6) is -1.04. The number of anilines is 1. The lowest BCUT2D eigenvalue weighted by molar-refractivity contribution is -0.116. The van der Waals surface area contributed by atoms with Gasteiger partial charge in [-0.05, 0) is 30.3 Å². The highest BCUT2D eigenvalue weighted by molar-refractivity contribution is 7.90. The van der Waals surface area contributed by atoms with Crippen LogP contribution in [0.2, 0.25) is 10.0 Å². The third-order valence-corrected chi connectivity index (χ3v) is 5.34. The zero-order valence-corrected chi connectivity index (χ0v) is 16.3. The first-order chi connectivity index (χ1) is 12.1. The maximum atomic E-state index is 12.5. The molecule has 6 nitrogen and oxygen atoms in total. The molecule has 0 aromatic heterocycles. The van der Waals surface area contributed by atoms with Crippen molar-refractivity contribution in [2.24, 2.45) is 0 Å². The lowest BCUT2D eigenvalue weighted by Crippen LogP contribution is -2.35. The number of amides is 2. The number of hydrogen-bond donors (Lipinski definition) is 1. The van der Waals surface area contributed by atoms with E-state index in [1.54, 1.807) is 12.1 Å². The first-order valence-corrected chi connectivity index (χ1v) is 10.0. The van der Waals surface area contributed by atoms with E-state index >= 15 is 0 Å². The monoisotopic (exact) mass is 414 g/mol. The van der Waals surface area contributed by atoms with Crippen molar-refractivity contribution in [3.8, 4) is 0 Å². The number of hydrogen-bond acceptors (Lipinski definition) is 4. The highest BCUT2D eigenvalue weighted by Crippen LogP contribution is 2.25. The van der Waals surface area contributed by atoms with Crippen LogP contribution in [0.4, 0.5) is 5.69 Å². The largest absolute Gasteiger partial charge is 0.332 e. The molecule has 2 aromatic rings. The summed E-state index contributed by atoms with van der Waals surface area (Å²) >= 11 is 11.7. The van der Waals surface area contributed by atoms with Gasteiger partial charge >= 0.3 is 0 Å². The van der Waals surface area contributed by atoms with Crippen molar-refractivity contribution in [2.45, 2.75) is 4.90 Å². The Balaban J connectivity index is 2.12. The smallest absolute Gasteiger partial charge is 0.255 e. The molecule has 0 aliphatic heterocycles. The number of likely N-dealkylation sites (N-methyl/N-ethyl adjacent to an activating group) is 1. The molecule has 0 bridgehead atoms. The molecule has 0 atom stereocenters. The lowest BCUT2D eigenvalue weighted by atomic mass is 10.2. The number of carbonyl (C=O) groups is 2. The molecule has 2 rings (SSSR count). The van der Waals surface area contributed by atoms with Crippen LogP contribution in [-0.2, 0) is 14.6 Å². The van der Waals surface area contributed by atoms with E-state index in [9.17, 15) is 18.0 Å². The van der Waals surface area contributed by atoms with E-state index in [0.717, 1.165) is 11.2 Å². The van der Waals surface area contributed by atoms with Crippen LogP contribution in [0.5, 0.6) is 0 Å². The Morgan fingerprint density at radius 3 is 2.35 bits per heavy atom. The lowest BCUT2D eigenvalue weighted by Gasteiger charge is -2.18. The van der Waals surface area contributed by atoms with Crippen LogP contribution in [0, 0.1) is 0 Å². The van der Waals surface area contributed by atoms with Gasteiger partial charge in [-0.1, -0.05) is 35.3 Å². The zero-order valence-electron chi connectivity index (χ0n) is 14.0. The molecule has 9 heteroatoms. The Morgan fingerprint density at radius 1 is 1.08 bits per heavy atom. The number of nitrogens with zero attached hydrogens (tertiary/aromatic N) is 1. The maximum Gasteiger partial charge on any atom is 0.255 e. The average molecular weight is 415 g/mol. The molecule has 0 saturated carbocycles. The summed E-state index contributed by atoms with van der Waals surface area (Å²) in [6.45, 7) is -0.267. The van der Waals surface area contributed by atoms with Gasteiger partial charge in [0.05, 0.1) is 27.0 Å². The molecule has 1 N–H and O–H groups in total. The second kappa shape index (κ2) is 8.07. The standard InChI is InChI=1S/C17H16Cl2N2O4S/c1-21(10-16(22)20-11-7-8-13(18)14(19)9-11)17(23)12-5-3-4-6-15(12)26(2,24)25/h3-9H,10H2,1-2H3,(H,20,22). The van der Waals surface area contributed by atoms with Gasteiger partial charge in [-0.2, -0.15) is 0 Å². The molecule has 0 saturated heterocycles. The minimum atomic E-state index is -3.57. The summed E-state index contributed by atoms with van der Waals surface area (Å²) in [7, 11) is -2.16. The minimum Gasteiger partial charge on any atom is -0.332 e. The number of nitrogens with one attached hydrogen (secondary N) is 1. The number of sulfone groups is 1. The van der Waals surface area contributed by atoms with Crippen LogP contribution < -0.4 is 5.32 Å². The number of rotatable bonds is 5. The van der Waals surface area contributed by atoms with Crippen molar-refractivity contribution in [1.82, 2.24) is 4.90 Å². The molecule has 0 aliphatic rings. The predicted molar refractivity (Wildman–Crippen MR) is 102 cm³/mol. The maximum absolute atomic E-state index is 12.5. The number of halogens is 2. The minimum absolute atomic E-state index is 0.0137. The molecule has 2 aromatic carbocycles. The van der Waals surface area contributed by atoms with Crippen molar-refractivity contribution >= 4 is 50.5 Å². The fraction of sp³-hybridized carbons (Fsp3) is 0.176. The molecule has 0 unspecified atom stereocenters. The summed E-state index contributed by atoms with van der Waals surface area (Å²) in [5, 5.41) is 3.24. The van der Waals surface area contributed by atoms with E-state index in [4.69, 9.17) is 23.2 Å². The van der Waals surface area contributed by atoms with E-state index in [1.165, 1.54) is 37.4 Å².